The maximum absolute atomic E-state index is 14.6. The van der Waals surface area contributed by atoms with Gasteiger partial charge < -0.3 is 73.5 Å². The van der Waals surface area contributed by atoms with E-state index < -0.39 is 113 Å². The number of carboxylic acid groups (broad SMARTS) is 1. The van der Waals surface area contributed by atoms with Crippen LogP contribution in [0.25, 0.3) is 10.9 Å². The second-order valence-electron chi connectivity index (χ2n) is 22.6. The van der Waals surface area contributed by atoms with Crippen LogP contribution >= 0.6 is 0 Å². The summed E-state index contributed by atoms with van der Waals surface area (Å²) in [5.74, 6) is -5.89. The van der Waals surface area contributed by atoms with Crippen molar-refractivity contribution in [1.82, 2.24) is 14.9 Å². The number of methoxy groups -OCH3 is 2. The molecule has 3 aliphatic heterocycles. The summed E-state index contributed by atoms with van der Waals surface area (Å²) < 4.78 is 53.7. The van der Waals surface area contributed by atoms with Crippen LogP contribution in [0.2, 0.25) is 0 Å². The van der Waals surface area contributed by atoms with E-state index in [0.29, 0.717) is 43.4 Å². The number of carbonyl (C=O) groups is 3. The lowest BCUT2D eigenvalue weighted by Crippen LogP contribution is -2.61. The van der Waals surface area contributed by atoms with Crippen molar-refractivity contribution in [3.63, 3.8) is 0 Å². The summed E-state index contributed by atoms with van der Waals surface area (Å²) in [6.07, 6.45) is -5.60. The van der Waals surface area contributed by atoms with Crippen LogP contribution in [0.4, 0.5) is 0 Å². The Morgan fingerprint density at radius 3 is 2.15 bits per heavy atom. The monoisotopic (exact) mass is 1060 g/mol. The largest absolute Gasteiger partial charge is 0.477 e. The third-order valence-corrected chi connectivity index (χ3v) is 16.3. The number of rotatable bonds is 18. The van der Waals surface area contributed by atoms with Crippen molar-refractivity contribution in [2.24, 2.45) is 23.7 Å². The number of ketones is 1. The Labute approximate surface area is 443 Å². The molecule has 1 aromatic heterocycles. The first-order valence-electron chi connectivity index (χ1n) is 26.7. The van der Waals surface area contributed by atoms with Crippen molar-refractivity contribution in [2.75, 3.05) is 67.1 Å². The van der Waals surface area contributed by atoms with Crippen LogP contribution in [-0.2, 0) is 53.9 Å². The van der Waals surface area contributed by atoms with Gasteiger partial charge in [0.2, 0.25) is 5.43 Å². The molecule has 0 unspecified atom stereocenters. The summed E-state index contributed by atoms with van der Waals surface area (Å²) in [5.41, 5.74) is -3.41. The van der Waals surface area contributed by atoms with Crippen molar-refractivity contribution in [2.45, 2.75) is 192 Å². The molecular formula is C55H90N4O16. The zero-order chi connectivity index (χ0) is 56.1. The van der Waals surface area contributed by atoms with Gasteiger partial charge in [0, 0.05) is 76.7 Å². The Hall–Kier alpha value is -3.64. The number of nitrogens with one attached hydrogen (secondary N) is 1. The molecule has 75 heavy (non-hydrogen) atoms. The van der Waals surface area contributed by atoms with E-state index in [9.17, 15) is 39.6 Å². The van der Waals surface area contributed by atoms with Crippen LogP contribution < -0.4 is 15.8 Å². The molecule has 4 heterocycles. The van der Waals surface area contributed by atoms with Gasteiger partial charge >= 0.3 is 11.9 Å². The van der Waals surface area contributed by atoms with Gasteiger partial charge in [0.25, 0.3) is 0 Å². The number of esters is 1. The third kappa shape index (κ3) is 14.0. The average Bonchev–Trinajstić information content (AvgIpc) is 3.35. The van der Waals surface area contributed by atoms with Crippen LogP contribution in [0.3, 0.4) is 0 Å². The van der Waals surface area contributed by atoms with E-state index in [4.69, 9.17) is 37.9 Å². The van der Waals surface area contributed by atoms with Gasteiger partial charge in [-0.2, -0.15) is 0 Å². The number of pyridine rings is 1. The number of aliphatic hydroxyl groups excluding tert-OH is 2. The Balaban J connectivity index is 1.36. The molecule has 3 fully saturated rings. The zero-order valence-corrected chi connectivity index (χ0v) is 47.4. The van der Waals surface area contributed by atoms with Crippen LogP contribution in [0.15, 0.2) is 29.2 Å². The fourth-order valence-corrected chi connectivity index (χ4v) is 11.7. The van der Waals surface area contributed by atoms with E-state index in [1.807, 2.05) is 65.7 Å². The summed E-state index contributed by atoms with van der Waals surface area (Å²) in [5, 5.41) is 50.4. The Bertz CT molecular complexity index is 2300. The molecule has 1 aromatic carbocycles. The van der Waals surface area contributed by atoms with Gasteiger partial charge in [0.05, 0.1) is 59.8 Å². The Morgan fingerprint density at radius 2 is 1.55 bits per heavy atom. The molecule has 0 aliphatic carbocycles. The highest BCUT2D eigenvalue weighted by Crippen LogP contribution is 2.42. The second kappa shape index (κ2) is 25.9. The first-order valence-corrected chi connectivity index (χ1v) is 26.7. The van der Waals surface area contributed by atoms with Crippen LogP contribution in [0.5, 0.6) is 0 Å². The van der Waals surface area contributed by atoms with Crippen LogP contribution in [0, 0.1) is 23.7 Å². The highest BCUT2D eigenvalue weighted by atomic mass is 16.7. The van der Waals surface area contributed by atoms with Gasteiger partial charge in [-0.3, -0.25) is 19.1 Å². The highest BCUT2D eigenvalue weighted by molar-refractivity contribution is 5.92. The molecule has 18 atom stereocenters. The first kappa shape index (κ1) is 62.2. The second-order valence-corrected chi connectivity index (χ2v) is 22.6. The van der Waals surface area contributed by atoms with Crippen molar-refractivity contribution >= 4 is 28.6 Å². The molecule has 426 valence electrons. The summed E-state index contributed by atoms with van der Waals surface area (Å²) in [6.45, 7) is 19.0. The molecule has 2 aromatic rings. The lowest BCUT2D eigenvalue weighted by atomic mass is 9.74. The lowest BCUT2D eigenvalue weighted by Gasteiger charge is -2.50. The number of carboxylic acids is 1. The number of benzene rings is 1. The molecule has 0 amide bonds. The number of hydrogen-bond donors (Lipinski definition) is 5. The minimum Gasteiger partial charge on any atom is -0.477 e. The normalized spacial score (nSPS) is 37.6. The Kier molecular flexibility index (Phi) is 21.5. The number of ether oxygens (including phenoxy) is 8. The van der Waals surface area contributed by atoms with Gasteiger partial charge in [-0.05, 0) is 112 Å². The van der Waals surface area contributed by atoms with E-state index in [0.717, 1.165) is 12.0 Å². The number of aryl methyl sites for hydroxylation is 1. The molecule has 0 bridgehead atoms. The van der Waals surface area contributed by atoms with Crippen molar-refractivity contribution < 1.29 is 72.7 Å². The predicted molar refractivity (Wildman–Crippen MR) is 281 cm³/mol. The first-order chi connectivity index (χ1) is 35.1. The van der Waals surface area contributed by atoms with Gasteiger partial charge in [0.15, 0.2) is 12.6 Å². The van der Waals surface area contributed by atoms with E-state index >= 15 is 0 Å². The number of aromatic nitrogens is 1. The average molecular weight is 1060 g/mol. The maximum atomic E-state index is 14.6. The predicted octanol–water partition coefficient (Wildman–Crippen LogP) is 3.90. The highest BCUT2D eigenvalue weighted by Gasteiger charge is 2.54. The number of nitrogens with zero attached hydrogens (tertiary/aromatic N) is 3. The number of Topliss-reactive ketones (excluding diaryl/α,β-unsaturated/α-hetero) is 1. The molecule has 5 N–H and O–H groups in total. The number of aliphatic hydroxyl groups is 3. The summed E-state index contributed by atoms with van der Waals surface area (Å²) in [7, 11) is 10.4. The maximum Gasteiger partial charge on any atom is 0.341 e. The molecule has 0 saturated carbocycles. The molecule has 5 rings (SSSR count). The molecule has 20 nitrogen and oxygen atoms in total. The van der Waals surface area contributed by atoms with Gasteiger partial charge in [-0.15, -0.1) is 0 Å². The molecule has 20 heteroatoms. The summed E-state index contributed by atoms with van der Waals surface area (Å²) in [6, 6.07) is 5.14. The Morgan fingerprint density at radius 1 is 0.893 bits per heavy atom. The molecule has 3 saturated heterocycles. The van der Waals surface area contributed by atoms with Crippen molar-refractivity contribution in [3.05, 3.63) is 45.7 Å². The fraction of sp³-hybridized carbons (Fsp3) is 0.782. The van der Waals surface area contributed by atoms with E-state index in [1.165, 1.54) is 20.2 Å². The fourth-order valence-electron chi connectivity index (χ4n) is 11.7. The van der Waals surface area contributed by atoms with Gasteiger partial charge in [-0.25, -0.2) is 4.79 Å². The lowest BCUT2D eigenvalue weighted by molar-refractivity contribution is -0.322. The summed E-state index contributed by atoms with van der Waals surface area (Å²) in [4.78, 5) is 55.4. The van der Waals surface area contributed by atoms with Gasteiger partial charge in [0.1, 0.15) is 35.3 Å². The minimum absolute atomic E-state index is 0.0886. The van der Waals surface area contributed by atoms with Gasteiger partial charge in [-0.1, -0.05) is 33.8 Å². The molecule has 3 aliphatic rings. The number of hydrogen-bond acceptors (Lipinski definition) is 18. The van der Waals surface area contributed by atoms with E-state index in [1.54, 1.807) is 64.7 Å². The topological polar surface area (TPSA) is 246 Å². The molecular weight excluding hydrogens is 973 g/mol. The van der Waals surface area contributed by atoms with Crippen LogP contribution in [-0.4, -0.2) is 194 Å². The quantitative estimate of drug-likeness (QED) is 0.105. The number of carbonyl (C=O) groups excluding carboxylic acids is 2. The number of fused-ring (bicyclic) bond motifs is 1. The van der Waals surface area contributed by atoms with Crippen molar-refractivity contribution in [1.29, 1.82) is 0 Å². The number of likely N-dealkylation sites (N-methyl/N-ethyl adjacent to an activating group) is 1. The minimum atomic E-state index is -2.00. The SMILES string of the molecule is CC[C@H]1OC(=O)[C@H](C)[C@@H](O[C@H]2C[C@@](C)(OC)[C@@H](OCCNCCCc3ccc4c(=O)c(C(=O)O)cn(N(C)C)c4c3)[C@H](C)O2)[C@H](C)[C@@H](O[C@@H]2O[C@H](C)C[C@H](N(C)C)[C@H]2O)[C@](C)(OC)C[C@@H](C)C(=O)[C@H](C)[C@@H](O)[C@]1(C)O. The number of aromatic carboxylic acids is 1. The zero-order valence-electron chi connectivity index (χ0n) is 47.4. The smallest absolute Gasteiger partial charge is 0.341 e. The third-order valence-electron chi connectivity index (χ3n) is 16.3. The van der Waals surface area contributed by atoms with E-state index in [-0.39, 0.29) is 42.8 Å². The number of cyclic esters (lactones) is 1. The molecule has 0 spiro atoms. The van der Waals surface area contributed by atoms with E-state index in [2.05, 4.69) is 5.32 Å². The van der Waals surface area contributed by atoms with Crippen molar-refractivity contribution in [3.8, 4) is 0 Å². The van der Waals surface area contributed by atoms with Crippen LogP contribution in [0.1, 0.15) is 117 Å². The summed E-state index contributed by atoms with van der Waals surface area (Å²) >= 11 is 0. The standard InChI is InChI=1S/C55H90N4O16/c1-17-41-55(10,67)47(63)32(4)43(60)30(2)27-53(8,68-15)48(75-52-45(62)40(57(11)12)25-31(3)71-52)33(5)46(34(6)51(66)73-41)74-42-28-54(9,69-16)49(35(7)72-42)70-24-23-56-22-18-19-36-20-21-37-39(26-36)59(58(13)14)29-38(44(37)61)50(64)65/h20-21,26,29-35,40-42,45-49,52,56,62-63,67H,17-19,22-25,27-28H2,1-16H3,(H,64,65)/t30-,31-,32+,33+,34-,35+,40+,41-,42+,45-,46+,47-,48-,49+,52+,53-,54-,55-/m1/s1. The molecule has 0 radical (unpaired) electrons.